The molecule has 2 aromatic carbocycles. The number of aliphatic hydroxyl groups excluding tert-OH is 1. The SMILES string of the molecule is COc1ccc(Br)cc1NCC(O)c1c(F)cccc1F. The lowest BCUT2D eigenvalue weighted by atomic mass is 10.1. The van der Waals surface area contributed by atoms with Gasteiger partial charge in [-0.25, -0.2) is 8.78 Å². The minimum atomic E-state index is -1.31. The van der Waals surface area contributed by atoms with Gasteiger partial charge in [-0.2, -0.15) is 0 Å². The molecule has 112 valence electrons. The van der Waals surface area contributed by atoms with E-state index in [2.05, 4.69) is 21.2 Å². The normalized spacial score (nSPS) is 12.0. The zero-order chi connectivity index (χ0) is 15.4. The van der Waals surface area contributed by atoms with Gasteiger partial charge in [0.2, 0.25) is 0 Å². The van der Waals surface area contributed by atoms with Gasteiger partial charge in [0, 0.05) is 11.0 Å². The number of hydrogen-bond donors (Lipinski definition) is 2. The molecule has 2 N–H and O–H groups in total. The van der Waals surface area contributed by atoms with E-state index >= 15 is 0 Å². The number of nitrogens with one attached hydrogen (secondary N) is 1. The van der Waals surface area contributed by atoms with Crippen LogP contribution < -0.4 is 10.1 Å². The Bertz CT molecular complexity index is 617. The molecule has 0 aromatic heterocycles. The lowest BCUT2D eigenvalue weighted by Gasteiger charge is -2.16. The molecule has 1 atom stereocenters. The predicted octanol–water partition coefficient (Wildman–Crippen LogP) is 3.88. The summed E-state index contributed by atoms with van der Waals surface area (Å²) in [7, 11) is 1.52. The summed E-state index contributed by atoms with van der Waals surface area (Å²) in [6.07, 6.45) is -1.31. The van der Waals surface area contributed by atoms with Gasteiger partial charge in [-0.15, -0.1) is 0 Å². The van der Waals surface area contributed by atoms with Gasteiger partial charge < -0.3 is 15.2 Å². The summed E-state index contributed by atoms with van der Waals surface area (Å²) in [5.74, 6) is -0.976. The van der Waals surface area contributed by atoms with E-state index in [0.717, 1.165) is 16.6 Å². The van der Waals surface area contributed by atoms with Gasteiger partial charge in [0.1, 0.15) is 23.5 Å². The Labute approximate surface area is 129 Å². The number of benzene rings is 2. The van der Waals surface area contributed by atoms with E-state index in [1.807, 2.05) is 0 Å². The zero-order valence-electron chi connectivity index (χ0n) is 11.2. The van der Waals surface area contributed by atoms with Crippen molar-refractivity contribution in [1.82, 2.24) is 0 Å². The summed E-state index contributed by atoms with van der Waals surface area (Å²) < 4.78 is 33.1. The Hall–Kier alpha value is -1.66. The molecule has 0 heterocycles. The molecule has 0 aliphatic carbocycles. The van der Waals surface area contributed by atoms with Crippen molar-refractivity contribution in [3.8, 4) is 5.75 Å². The van der Waals surface area contributed by atoms with Crippen LogP contribution in [0.5, 0.6) is 5.75 Å². The molecule has 0 amide bonds. The number of hydrogen-bond acceptors (Lipinski definition) is 3. The fourth-order valence-electron chi connectivity index (χ4n) is 1.96. The molecule has 0 bridgehead atoms. The van der Waals surface area contributed by atoms with Crippen LogP contribution in [0, 0.1) is 11.6 Å². The molecule has 0 aliphatic heterocycles. The molecule has 0 fully saturated rings. The highest BCUT2D eigenvalue weighted by molar-refractivity contribution is 9.10. The predicted molar refractivity (Wildman–Crippen MR) is 80.5 cm³/mol. The number of aliphatic hydroxyl groups is 1. The van der Waals surface area contributed by atoms with Crippen molar-refractivity contribution in [1.29, 1.82) is 0 Å². The highest BCUT2D eigenvalue weighted by Crippen LogP contribution is 2.29. The van der Waals surface area contributed by atoms with Gasteiger partial charge in [0.25, 0.3) is 0 Å². The van der Waals surface area contributed by atoms with Crippen molar-refractivity contribution in [3.63, 3.8) is 0 Å². The molecule has 6 heteroatoms. The van der Waals surface area contributed by atoms with Crippen LogP contribution in [0.3, 0.4) is 0 Å². The van der Waals surface area contributed by atoms with Gasteiger partial charge in [0.05, 0.1) is 18.4 Å². The third-order valence-corrected chi connectivity index (χ3v) is 3.47. The molecule has 2 rings (SSSR count). The first kappa shape index (κ1) is 15.7. The molecular weight excluding hydrogens is 344 g/mol. The summed E-state index contributed by atoms with van der Waals surface area (Å²) in [6, 6.07) is 8.77. The van der Waals surface area contributed by atoms with E-state index in [9.17, 15) is 13.9 Å². The maximum absolute atomic E-state index is 13.6. The zero-order valence-corrected chi connectivity index (χ0v) is 12.8. The smallest absolute Gasteiger partial charge is 0.142 e. The van der Waals surface area contributed by atoms with Crippen molar-refractivity contribution in [2.75, 3.05) is 19.0 Å². The number of anilines is 1. The molecule has 0 saturated heterocycles. The lowest BCUT2D eigenvalue weighted by Crippen LogP contribution is -2.15. The van der Waals surface area contributed by atoms with Gasteiger partial charge in [-0.1, -0.05) is 22.0 Å². The number of halogens is 3. The summed E-state index contributed by atoms with van der Waals surface area (Å²) in [6.45, 7) is -0.0509. The molecule has 0 saturated carbocycles. The van der Waals surface area contributed by atoms with Gasteiger partial charge in [0.15, 0.2) is 0 Å². The van der Waals surface area contributed by atoms with Crippen LogP contribution in [0.1, 0.15) is 11.7 Å². The summed E-state index contributed by atoms with van der Waals surface area (Å²) >= 11 is 3.32. The molecule has 21 heavy (non-hydrogen) atoms. The Morgan fingerprint density at radius 2 is 1.90 bits per heavy atom. The van der Waals surface area contributed by atoms with E-state index in [0.29, 0.717) is 11.4 Å². The third-order valence-electron chi connectivity index (χ3n) is 2.98. The molecule has 0 aliphatic rings. The van der Waals surface area contributed by atoms with Crippen molar-refractivity contribution in [3.05, 3.63) is 58.1 Å². The largest absolute Gasteiger partial charge is 0.495 e. The Morgan fingerprint density at radius 1 is 1.24 bits per heavy atom. The molecule has 0 radical (unpaired) electrons. The van der Waals surface area contributed by atoms with Crippen LogP contribution in [-0.2, 0) is 0 Å². The second-order valence-corrected chi connectivity index (χ2v) is 5.29. The van der Waals surface area contributed by atoms with Gasteiger partial charge in [-0.3, -0.25) is 0 Å². The quantitative estimate of drug-likeness (QED) is 0.853. The minimum Gasteiger partial charge on any atom is -0.495 e. The molecule has 0 spiro atoms. The van der Waals surface area contributed by atoms with E-state index < -0.39 is 17.7 Å². The minimum absolute atomic E-state index is 0.0509. The maximum atomic E-state index is 13.6. The van der Waals surface area contributed by atoms with Crippen LogP contribution in [0.4, 0.5) is 14.5 Å². The average Bonchev–Trinajstić information content (AvgIpc) is 2.45. The maximum Gasteiger partial charge on any atom is 0.142 e. The van der Waals surface area contributed by atoms with Gasteiger partial charge >= 0.3 is 0 Å². The molecule has 2 aromatic rings. The van der Waals surface area contributed by atoms with E-state index in [4.69, 9.17) is 4.74 Å². The number of methoxy groups -OCH3 is 1. The van der Waals surface area contributed by atoms with Crippen molar-refractivity contribution in [2.45, 2.75) is 6.10 Å². The standard InChI is InChI=1S/C15H14BrF2NO2/c1-21-14-6-5-9(16)7-12(14)19-8-13(20)15-10(17)3-2-4-11(15)18/h2-7,13,19-20H,8H2,1H3. The Kier molecular flexibility index (Phi) is 5.14. The van der Waals surface area contributed by atoms with Crippen LogP contribution in [-0.4, -0.2) is 18.8 Å². The summed E-state index contributed by atoms with van der Waals surface area (Å²) in [5, 5.41) is 12.9. The monoisotopic (exact) mass is 357 g/mol. The van der Waals surface area contributed by atoms with Crippen molar-refractivity contribution < 1.29 is 18.6 Å². The average molecular weight is 358 g/mol. The van der Waals surface area contributed by atoms with E-state index in [1.54, 1.807) is 18.2 Å². The highest BCUT2D eigenvalue weighted by Gasteiger charge is 2.18. The van der Waals surface area contributed by atoms with Crippen molar-refractivity contribution >= 4 is 21.6 Å². The molecule has 1 unspecified atom stereocenters. The van der Waals surface area contributed by atoms with Crippen LogP contribution in [0.15, 0.2) is 40.9 Å². The van der Waals surface area contributed by atoms with Gasteiger partial charge in [-0.05, 0) is 30.3 Å². The third kappa shape index (κ3) is 3.71. The highest BCUT2D eigenvalue weighted by atomic mass is 79.9. The fraction of sp³-hybridized carbons (Fsp3) is 0.200. The van der Waals surface area contributed by atoms with E-state index in [-0.39, 0.29) is 12.1 Å². The summed E-state index contributed by atoms with van der Waals surface area (Å²) in [5.41, 5.74) is 0.265. The van der Waals surface area contributed by atoms with Crippen LogP contribution >= 0.6 is 15.9 Å². The topological polar surface area (TPSA) is 41.5 Å². The molecular formula is C15H14BrF2NO2. The van der Waals surface area contributed by atoms with Crippen LogP contribution in [0.2, 0.25) is 0 Å². The fourth-order valence-corrected chi connectivity index (χ4v) is 2.32. The first-order valence-corrected chi connectivity index (χ1v) is 7.01. The summed E-state index contributed by atoms with van der Waals surface area (Å²) in [4.78, 5) is 0. The number of rotatable bonds is 5. The van der Waals surface area contributed by atoms with Crippen LogP contribution in [0.25, 0.3) is 0 Å². The molecule has 3 nitrogen and oxygen atoms in total. The Morgan fingerprint density at radius 3 is 2.52 bits per heavy atom. The van der Waals surface area contributed by atoms with E-state index in [1.165, 1.54) is 13.2 Å². The lowest BCUT2D eigenvalue weighted by molar-refractivity contribution is 0.181. The first-order valence-electron chi connectivity index (χ1n) is 6.22. The van der Waals surface area contributed by atoms with Crippen molar-refractivity contribution in [2.24, 2.45) is 0 Å². The second-order valence-electron chi connectivity index (χ2n) is 4.38. The second kappa shape index (κ2) is 6.87. The first-order chi connectivity index (χ1) is 10.0. The Balaban J connectivity index is 2.14. The number of ether oxygens (including phenoxy) is 1.